The molecule has 4 rings (SSSR count). The van der Waals surface area contributed by atoms with Crippen LogP contribution in [0.1, 0.15) is 30.9 Å². The molecule has 3 atom stereocenters. The van der Waals surface area contributed by atoms with E-state index in [1.54, 1.807) is 9.77 Å². The molecular weight excluding hydrogens is 422 g/mol. The summed E-state index contributed by atoms with van der Waals surface area (Å²) in [7, 11) is 0.252. The van der Waals surface area contributed by atoms with Crippen LogP contribution in [0.3, 0.4) is 0 Å². The Morgan fingerprint density at radius 2 is 1.78 bits per heavy atom. The van der Waals surface area contributed by atoms with Gasteiger partial charge in [-0.15, -0.1) is 10.5 Å². The van der Waals surface area contributed by atoms with Gasteiger partial charge in [0.05, 0.1) is 0 Å². The van der Waals surface area contributed by atoms with E-state index in [2.05, 4.69) is 74.6 Å². The average molecular weight is 441 g/mol. The van der Waals surface area contributed by atoms with E-state index in [0.717, 1.165) is 0 Å². The Labute approximate surface area is 172 Å². The summed E-state index contributed by atoms with van der Waals surface area (Å²) in [5.41, 5.74) is 4.35. The SMILES string of the molecule is CC(C)=S1C2=CC=CC2=CC1C1C=Cc2ccccc21.[Cl-].[Cl-].[Zr+2]. The molecule has 0 amide bonds. The maximum Gasteiger partial charge on any atom is 2.00 e. The normalized spacial score (nSPS) is 25.4. The van der Waals surface area contributed by atoms with Gasteiger partial charge in [0.15, 0.2) is 0 Å². The van der Waals surface area contributed by atoms with Gasteiger partial charge in [0, 0.05) is 16.1 Å². The molecule has 0 spiro atoms. The molecule has 1 aromatic rings. The van der Waals surface area contributed by atoms with Crippen LogP contribution in [0.15, 0.2) is 65.1 Å². The maximum absolute atomic E-state index is 2.50. The number of hydrogen-bond acceptors (Lipinski definition) is 0. The molecule has 0 N–H and O–H groups in total. The van der Waals surface area contributed by atoms with Crippen LogP contribution in [0.5, 0.6) is 0 Å². The monoisotopic (exact) mass is 438 g/mol. The number of halogens is 2. The quantitative estimate of drug-likeness (QED) is 0.494. The van der Waals surface area contributed by atoms with Gasteiger partial charge >= 0.3 is 26.2 Å². The second kappa shape index (κ2) is 8.30. The minimum absolute atomic E-state index is 0. The van der Waals surface area contributed by atoms with E-state index in [1.165, 1.54) is 16.7 Å². The van der Waals surface area contributed by atoms with Gasteiger partial charge in [-0.2, -0.15) is 0 Å². The van der Waals surface area contributed by atoms with Crippen molar-refractivity contribution in [1.29, 1.82) is 0 Å². The number of rotatable bonds is 1. The van der Waals surface area contributed by atoms with E-state index in [-0.39, 0.29) is 61.5 Å². The fraction of sp³-hybridized carbons (Fsp3) is 0.211. The van der Waals surface area contributed by atoms with Crippen molar-refractivity contribution >= 4 is 21.4 Å². The van der Waals surface area contributed by atoms with Crippen LogP contribution in [0, 0.1) is 0 Å². The van der Waals surface area contributed by atoms with Crippen LogP contribution in [0.2, 0.25) is 0 Å². The molecule has 3 unspecified atom stereocenters. The Morgan fingerprint density at radius 3 is 2.52 bits per heavy atom. The Kier molecular flexibility index (Phi) is 7.54. The Bertz CT molecular complexity index is 752. The van der Waals surface area contributed by atoms with Crippen molar-refractivity contribution in [3.8, 4) is 0 Å². The van der Waals surface area contributed by atoms with Gasteiger partial charge in [0.25, 0.3) is 0 Å². The van der Waals surface area contributed by atoms with Crippen molar-refractivity contribution in [2.45, 2.75) is 25.0 Å². The summed E-state index contributed by atoms with van der Waals surface area (Å²) in [6.45, 7) is 4.58. The predicted molar refractivity (Wildman–Crippen MR) is 91.3 cm³/mol. The summed E-state index contributed by atoms with van der Waals surface area (Å²) >= 11 is 0. The minimum atomic E-state index is 0. The summed E-state index contributed by atoms with van der Waals surface area (Å²) in [6.07, 6.45) is 14.0. The molecule has 23 heavy (non-hydrogen) atoms. The molecule has 2 aliphatic carbocycles. The van der Waals surface area contributed by atoms with Gasteiger partial charge in [-0.1, -0.05) is 54.6 Å². The number of hydrogen-bond donors (Lipinski definition) is 0. The third-order valence-corrected chi connectivity index (χ3v) is 6.99. The van der Waals surface area contributed by atoms with Crippen LogP contribution < -0.4 is 24.8 Å². The largest absolute Gasteiger partial charge is 2.00 e. The Morgan fingerprint density at radius 1 is 1.04 bits per heavy atom. The van der Waals surface area contributed by atoms with Gasteiger partial charge in [-0.25, -0.2) is 0 Å². The van der Waals surface area contributed by atoms with E-state index < -0.39 is 0 Å². The molecule has 0 fully saturated rings. The molecule has 118 valence electrons. The topological polar surface area (TPSA) is 0 Å². The smallest absolute Gasteiger partial charge is 1.00 e. The summed E-state index contributed by atoms with van der Waals surface area (Å²) < 4.78 is 0. The number of fused-ring (bicyclic) bond motifs is 2. The summed E-state index contributed by atoms with van der Waals surface area (Å²) in [5, 5.41) is 0.603. The molecule has 0 saturated carbocycles. The van der Waals surface area contributed by atoms with Crippen LogP contribution in [-0.4, -0.2) is 10.1 Å². The first kappa shape index (κ1) is 20.9. The molecule has 0 saturated heterocycles. The fourth-order valence-electron chi connectivity index (χ4n) is 3.45. The summed E-state index contributed by atoms with van der Waals surface area (Å²) in [5.74, 6) is 0.539. The average Bonchev–Trinajstić information content (AvgIpc) is 3.10. The summed E-state index contributed by atoms with van der Waals surface area (Å²) in [4.78, 5) is 3.10. The molecule has 1 heterocycles. The summed E-state index contributed by atoms with van der Waals surface area (Å²) in [6, 6.07) is 8.83. The van der Waals surface area contributed by atoms with Gasteiger partial charge in [-0.3, -0.25) is 0 Å². The zero-order valence-corrected chi connectivity index (χ0v) is 17.9. The molecule has 1 aromatic carbocycles. The van der Waals surface area contributed by atoms with Gasteiger partial charge in [0.1, 0.15) is 0 Å². The number of benzene rings is 1. The molecule has 1 aliphatic heterocycles. The van der Waals surface area contributed by atoms with Crippen molar-refractivity contribution in [3.05, 3.63) is 76.3 Å². The minimum Gasteiger partial charge on any atom is -1.00 e. The number of allylic oxidation sites excluding steroid dienone is 5. The van der Waals surface area contributed by atoms with Crippen LogP contribution in [0.25, 0.3) is 6.08 Å². The van der Waals surface area contributed by atoms with Crippen molar-refractivity contribution in [3.63, 3.8) is 0 Å². The van der Waals surface area contributed by atoms with E-state index in [0.29, 0.717) is 11.2 Å². The standard InChI is InChI=1S/C19H18S.2ClH.Zr/c1-13(2)20-18-9-5-7-15(18)12-19(20)17-11-10-14-6-3-4-8-16(14)17;;;/h3-12,17,19H,1-2H3;2*1H;/q;;;+2/p-2. The van der Waals surface area contributed by atoms with Crippen molar-refractivity contribution in [1.82, 2.24) is 0 Å². The second-order valence-electron chi connectivity index (χ2n) is 5.74. The third-order valence-electron chi connectivity index (χ3n) is 4.29. The van der Waals surface area contributed by atoms with Gasteiger partial charge in [0.2, 0.25) is 0 Å². The van der Waals surface area contributed by atoms with Crippen molar-refractivity contribution in [2.24, 2.45) is 0 Å². The Balaban J connectivity index is 0.000000882. The van der Waals surface area contributed by atoms with E-state index in [4.69, 9.17) is 0 Å². The fourth-order valence-corrected chi connectivity index (χ4v) is 6.16. The Hall–Kier alpha value is -0.137. The van der Waals surface area contributed by atoms with Gasteiger partial charge in [-0.05, 0) is 41.5 Å². The first-order chi connectivity index (χ1) is 9.75. The van der Waals surface area contributed by atoms with Crippen molar-refractivity contribution in [2.75, 3.05) is 0 Å². The third kappa shape index (κ3) is 3.47. The van der Waals surface area contributed by atoms with E-state index in [9.17, 15) is 0 Å². The molecule has 4 heteroatoms. The first-order valence-electron chi connectivity index (χ1n) is 7.16. The molecule has 0 bridgehead atoms. The molecule has 0 nitrogen and oxygen atoms in total. The van der Waals surface area contributed by atoms with Gasteiger partial charge < -0.3 is 24.8 Å². The van der Waals surface area contributed by atoms with Crippen molar-refractivity contribution < 1.29 is 51.0 Å². The van der Waals surface area contributed by atoms with E-state index >= 15 is 0 Å². The molecule has 0 aromatic heterocycles. The molecular formula is C19H18Cl2SZr. The van der Waals surface area contributed by atoms with E-state index in [1.807, 2.05) is 0 Å². The zero-order chi connectivity index (χ0) is 13.7. The zero-order valence-electron chi connectivity index (χ0n) is 13.1. The molecule has 3 aliphatic rings. The predicted octanol–water partition coefficient (Wildman–Crippen LogP) is -0.954. The van der Waals surface area contributed by atoms with Crippen LogP contribution >= 0.6 is 10.5 Å². The van der Waals surface area contributed by atoms with Crippen LogP contribution in [-0.2, 0) is 26.2 Å². The first-order valence-corrected chi connectivity index (χ1v) is 8.45. The second-order valence-corrected chi connectivity index (χ2v) is 8.21. The van der Waals surface area contributed by atoms with Crippen LogP contribution in [0.4, 0.5) is 0 Å². The molecule has 0 radical (unpaired) electrons. The maximum atomic E-state index is 2.50.